The van der Waals surface area contributed by atoms with Gasteiger partial charge in [-0.25, -0.2) is 0 Å². The minimum Gasteiger partial charge on any atom is -0.482 e. The number of nitrogens with zero attached hydrogens (tertiary/aromatic N) is 1. The summed E-state index contributed by atoms with van der Waals surface area (Å²) in [6, 6.07) is 13.8. The second-order valence-corrected chi connectivity index (χ2v) is 8.38. The van der Waals surface area contributed by atoms with Crippen molar-refractivity contribution >= 4 is 35.0 Å². The largest absolute Gasteiger partial charge is 0.482 e. The van der Waals surface area contributed by atoms with Crippen molar-refractivity contribution in [3.63, 3.8) is 0 Å². The molecule has 0 spiro atoms. The first-order valence-corrected chi connectivity index (χ1v) is 10.9. The zero-order valence-electron chi connectivity index (χ0n) is 16.9. The number of rotatable bonds is 8. The van der Waals surface area contributed by atoms with Crippen molar-refractivity contribution in [2.45, 2.75) is 51.2 Å². The molecule has 7 heteroatoms. The molecule has 1 aliphatic carbocycles. The normalized spacial score (nSPS) is 14.9. The van der Waals surface area contributed by atoms with Crippen molar-refractivity contribution in [3.8, 4) is 5.75 Å². The summed E-state index contributed by atoms with van der Waals surface area (Å²) in [5, 5.41) is 4.08. The zero-order chi connectivity index (χ0) is 21.5. The first-order chi connectivity index (χ1) is 14.4. The second-order valence-electron chi connectivity index (χ2n) is 7.54. The third kappa shape index (κ3) is 6.13. The van der Waals surface area contributed by atoms with Gasteiger partial charge < -0.3 is 15.0 Å². The van der Waals surface area contributed by atoms with Crippen molar-refractivity contribution in [1.29, 1.82) is 0 Å². The number of para-hydroxylation sites is 1. The number of hydrogen-bond donors (Lipinski definition) is 1. The molecule has 5 nitrogen and oxygen atoms in total. The number of carbonyl (C=O) groups is 2. The maximum Gasteiger partial charge on any atom is 0.261 e. The molecule has 1 saturated carbocycles. The molecule has 2 aromatic rings. The number of hydrogen-bond acceptors (Lipinski definition) is 3. The fourth-order valence-electron chi connectivity index (χ4n) is 3.59. The smallest absolute Gasteiger partial charge is 0.261 e. The van der Waals surface area contributed by atoms with Crippen LogP contribution in [0.1, 0.15) is 38.2 Å². The Morgan fingerprint density at radius 3 is 2.57 bits per heavy atom. The molecule has 160 valence electrons. The summed E-state index contributed by atoms with van der Waals surface area (Å²) in [5.74, 6) is -0.0303. The van der Waals surface area contributed by atoms with Gasteiger partial charge in [0.25, 0.3) is 5.91 Å². The third-order valence-corrected chi connectivity index (χ3v) is 5.85. The molecule has 0 aliphatic heterocycles. The van der Waals surface area contributed by atoms with Gasteiger partial charge >= 0.3 is 0 Å². The van der Waals surface area contributed by atoms with Gasteiger partial charge in [0.2, 0.25) is 5.91 Å². The molecule has 0 aromatic heterocycles. The van der Waals surface area contributed by atoms with E-state index in [9.17, 15) is 9.59 Å². The number of ether oxygens (including phenoxy) is 1. The molecule has 0 heterocycles. The van der Waals surface area contributed by atoms with E-state index in [1.54, 1.807) is 43.3 Å². The number of halogens is 2. The van der Waals surface area contributed by atoms with Crippen molar-refractivity contribution in [3.05, 3.63) is 64.1 Å². The number of carbonyl (C=O) groups excluding carboxylic acids is 2. The molecule has 1 aliphatic rings. The molecule has 0 saturated heterocycles. The lowest BCUT2D eigenvalue weighted by atomic mass is 10.1. The molecule has 3 rings (SSSR count). The minimum atomic E-state index is -0.646. The quantitative estimate of drug-likeness (QED) is 0.627. The lowest BCUT2D eigenvalue weighted by Crippen LogP contribution is -2.50. The van der Waals surface area contributed by atoms with E-state index in [4.69, 9.17) is 27.9 Å². The van der Waals surface area contributed by atoms with Gasteiger partial charge in [-0.1, -0.05) is 60.3 Å². The first kappa shape index (κ1) is 22.4. The zero-order valence-corrected chi connectivity index (χ0v) is 18.5. The summed E-state index contributed by atoms with van der Waals surface area (Å²) in [6.07, 6.45) is 4.21. The van der Waals surface area contributed by atoms with Crippen LogP contribution in [0.5, 0.6) is 5.75 Å². The van der Waals surface area contributed by atoms with Gasteiger partial charge in [0.1, 0.15) is 11.8 Å². The van der Waals surface area contributed by atoms with E-state index in [1.807, 2.05) is 12.1 Å². The van der Waals surface area contributed by atoms with Crippen LogP contribution in [-0.2, 0) is 16.1 Å². The molecule has 2 aromatic carbocycles. The van der Waals surface area contributed by atoms with Crippen LogP contribution in [0.4, 0.5) is 0 Å². The molecule has 1 fully saturated rings. The Hall–Kier alpha value is -2.24. The van der Waals surface area contributed by atoms with E-state index in [2.05, 4.69) is 5.32 Å². The lowest BCUT2D eigenvalue weighted by molar-refractivity contribution is -0.142. The Morgan fingerprint density at radius 2 is 1.87 bits per heavy atom. The predicted molar refractivity (Wildman–Crippen MR) is 119 cm³/mol. The van der Waals surface area contributed by atoms with Gasteiger partial charge in [0, 0.05) is 17.6 Å². The van der Waals surface area contributed by atoms with Crippen LogP contribution in [0.2, 0.25) is 10.0 Å². The molecular formula is C23H26Cl2N2O3. The summed E-state index contributed by atoms with van der Waals surface area (Å²) in [6.45, 7) is 1.78. The van der Waals surface area contributed by atoms with Crippen molar-refractivity contribution < 1.29 is 14.3 Å². The average molecular weight is 449 g/mol. The van der Waals surface area contributed by atoms with E-state index in [0.717, 1.165) is 31.2 Å². The fraction of sp³-hybridized carbons (Fsp3) is 0.391. The van der Waals surface area contributed by atoms with Crippen molar-refractivity contribution in [1.82, 2.24) is 10.2 Å². The van der Waals surface area contributed by atoms with E-state index < -0.39 is 6.04 Å². The van der Waals surface area contributed by atoms with Gasteiger partial charge in [-0.05, 0) is 49.6 Å². The molecule has 2 amide bonds. The summed E-state index contributed by atoms with van der Waals surface area (Å²) in [7, 11) is 0. The van der Waals surface area contributed by atoms with E-state index in [0.29, 0.717) is 15.8 Å². The van der Waals surface area contributed by atoms with Crippen LogP contribution >= 0.6 is 23.2 Å². The molecule has 1 atom stereocenters. The molecule has 0 radical (unpaired) electrons. The van der Waals surface area contributed by atoms with Crippen LogP contribution in [0.3, 0.4) is 0 Å². The Balaban J connectivity index is 1.72. The highest BCUT2D eigenvalue weighted by atomic mass is 35.5. The summed E-state index contributed by atoms with van der Waals surface area (Å²) in [5.41, 5.74) is 0.842. The molecule has 30 heavy (non-hydrogen) atoms. The lowest BCUT2D eigenvalue weighted by Gasteiger charge is -2.29. The highest BCUT2D eigenvalue weighted by Crippen LogP contribution is 2.23. The average Bonchev–Trinajstić information content (AvgIpc) is 3.24. The minimum absolute atomic E-state index is 0.157. The van der Waals surface area contributed by atoms with E-state index >= 15 is 0 Å². The van der Waals surface area contributed by atoms with Crippen LogP contribution < -0.4 is 10.1 Å². The fourth-order valence-corrected chi connectivity index (χ4v) is 3.99. The van der Waals surface area contributed by atoms with Crippen molar-refractivity contribution in [2.24, 2.45) is 0 Å². The van der Waals surface area contributed by atoms with Crippen molar-refractivity contribution in [2.75, 3.05) is 6.61 Å². The van der Waals surface area contributed by atoms with E-state index in [1.165, 1.54) is 4.90 Å². The number of amides is 2. The van der Waals surface area contributed by atoms with Gasteiger partial charge in [-0.2, -0.15) is 0 Å². The van der Waals surface area contributed by atoms with Gasteiger partial charge in [-0.15, -0.1) is 0 Å². The molecule has 0 bridgehead atoms. The summed E-state index contributed by atoms with van der Waals surface area (Å²) in [4.78, 5) is 27.4. The Labute approximate surface area is 187 Å². The van der Waals surface area contributed by atoms with Crippen LogP contribution in [-0.4, -0.2) is 35.4 Å². The topological polar surface area (TPSA) is 58.6 Å². The Bertz CT molecular complexity index is 884. The maximum absolute atomic E-state index is 13.0. The Kier molecular flexibility index (Phi) is 8.00. The molecular weight excluding hydrogens is 423 g/mol. The SMILES string of the molecule is C[C@@H](C(=O)NC1CCCC1)N(Cc1cccc(Cl)c1)C(=O)COc1ccccc1Cl. The maximum atomic E-state index is 13.0. The second kappa shape index (κ2) is 10.7. The molecule has 0 unspecified atom stereocenters. The first-order valence-electron chi connectivity index (χ1n) is 10.2. The number of benzene rings is 2. The highest BCUT2D eigenvalue weighted by molar-refractivity contribution is 6.32. The summed E-state index contributed by atoms with van der Waals surface area (Å²) < 4.78 is 5.62. The van der Waals surface area contributed by atoms with E-state index in [-0.39, 0.29) is 31.0 Å². The summed E-state index contributed by atoms with van der Waals surface area (Å²) >= 11 is 12.2. The van der Waals surface area contributed by atoms with Crippen LogP contribution in [0, 0.1) is 0 Å². The van der Waals surface area contributed by atoms with Crippen LogP contribution in [0.25, 0.3) is 0 Å². The predicted octanol–water partition coefficient (Wildman–Crippen LogP) is 4.85. The third-order valence-electron chi connectivity index (χ3n) is 5.30. The standard InChI is InChI=1S/C23H26Cl2N2O3/c1-16(23(29)26-19-9-2-3-10-19)27(14-17-7-6-8-18(24)13-17)22(28)15-30-21-12-5-4-11-20(21)25/h4-8,11-13,16,19H,2-3,9-10,14-15H2,1H3,(H,26,29)/t16-/m0/s1. The van der Waals surface area contributed by atoms with Gasteiger partial charge in [-0.3, -0.25) is 9.59 Å². The molecule has 1 N–H and O–H groups in total. The van der Waals surface area contributed by atoms with Gasteiger partial charge in [0.05, 0.1) is 5.02 Å². The Morgan fingerprint density at radius 1 is 1.13 bits per heavy atom. The highest BCUT2D eigenvalue weighted by Gasteiger charge is 2.28. The van der Waals surface area contributed by atoms with Crippen LogP contribution in [0.15, 0.2) is 48.5 Å². The van der Waals surface area contributed by atoms with Gasteiger partial charge in [0.15, 0.2) is 6.61 Å². The monoisotopic (exact) mass is 448 g/mol. The number of nitrogens with one attached hydrogen (secondary N) is 1.